The number of aromatic nitrogens is 2. The predicted molar refractivity (Wildman–Crippen MR) is 78.4 cm³/mol. The van der Waals surface area contributed by atoms with E-state index < -0.39 is 0 Å². The molecule has 0 fully saturated rings. The molecule has 1 heterocycles. The van der Waals surface area contributed by atoms with E-state index in [0.717, 1.165) is 17.2 Å². The molecule has 0 bridgehead atoms. The van der Waals surface area contributed by atoms with Crippen LogP contribution in [0.4, 0.5) is 0 Å². The smallest absolute Gasteiger partial charge is 0.218 e. The quantitative estimate of drug-likeness (QED) is 0.837. The van der Waals surface area contributed by atoms with Crippen LogP contribution in [0.2, 0.25) is 0 Å². The van der Waals surface area contributed by atoms with Crippen LogP contribution in [0.1, 0.15) is 24.9 Å². The summed E-state index contributed by atoms with van der Waals surface area (Å²) in [6, 6.07) is 10.1. The lowest BCUT2D eigenvalue weighted by atomic mass is 10.2. The SMILES string of the molecule is Cc1ncc(CNC(C)CC(N)=O)n1-c1ccccc1. The Balaban J connectivity index is 2.12. The third-order valence-electron chi connectivity index (χ3n) is 3.16. The second-order valence-electron chi connectivity index (χ2n) is 4.92. The van der Waals surface area contributed by atoms with Crippen LogP contribution in [0, 0.1) is 6.92 Å². The highest BCUT2D eigenvalue weighted by Crippen LogP contribution is 2.14. The van der Waals surface area contributed by atoms with E-state index in [-0.39, 0.29) is 11.9 Å². The molecular formula is C15H20N4O. The lowest BCUT2D eigenvalue weighted by Crippen LogP contribution is -2.31. The molecule has 106 valence electrons. The van der Waals surface area contributed by atoms with Gasteiger partial charge in [-0.2, -0.15) is 0 Å². The van der Waals surface area contributed by atoms with Crippen LogP contribution < -0.4 is 11.1 Å². The molecule has 0 aliphatic carbocycles. The fraction of sp³-hybridized carbons (Fsp3) is 0.333. The molecule has 1 aromatic heterocycles. The number of carbonyl (C=O) groups excluding carboxylic acids is 1. The molecule has 0 saturated carbocycles. The number of aryl methyl sites for hydroxylation is 1. The van der Waals surface area contributed by atoms with Gasteiger partial charge in [0.15, 0.2) is 0 Å². The Morgan fingerprint density at radius 1 is 1.40 bits per heavy atom. The van der Waals surface area contributed by atoms with Crippen LogP contribution in [0.3, 0.4) is 0 Å². The number of primary amides is 1. The zero-order valence-corrected chi connectivity index (χ0v) is 11.8. The van der Waals surface area contributed by atoms with Crippen molar-refractivity contribution in [3.8, 4) is 5.69 Å². The molecule has 2 aromatic rings. The number of nitrogens with zero attached hydrogens (tertiary/aromatic N) is 2. The summed E-state index contributed by atoms with van der Waals surface area (Å²) >= 11 is 0. The maximum atomic E-state index is 10.9. The third-order valence-corrected chi connectivity index (χ3v) is 3.16. The maximum Gasteiger partial charge on any atom is 0.218 e. The molecule has 1 amide bonds. The summed E-state index contributed by atoms with van der Waals surface area (Å²) in [6.07, 6.45) is 2.19. The van der Waals surface area contributed by atoms with Gasteiger partial charge in [0.05, 0.1) is 11.9 Å². The molecule has 1 atom stereocenters. The Morgan fingerprint density at radius 2 is 2.10 bits per heavy atom. The molecule has 5 nitrogen and oxygen atoms in total. The van der Waals surface area contributed by atoms with Gasteiger partial charge in [0.2, 0.25) is 5.91 Å². The first kappa shape index (κ1) is 14.3. The molecule has 1 aromatic carbocycles. The van der Waals surface area contributed by atoms with E-state index in [0.29, 0.717) is 13.0 Å². The van der Waals surface area contributed by atoms with Crippen molar-refractivity contribution < 1.29 is 4.79 Å². The van der Waals surface area contributed by atoms with Crippen molar-refractivity contribution in [1.82, 2.24) is 14.9 Å². The van der Waals surface area contributed by atoms with E-state index in [2.05, 4.69) is 14.9 Å². The average Bonchev–Trinajstić information content (AvgIpc) is 2.78. The summed E-state index contributed by atoms with van der Waals surface area (Å²) in [7, 11) is 0. The topological polar surface area (TPSA) is 72.9 Å². The van der Waals surface area contributed by atoms with Gasteiger partial charge in [-0.25, -0.2) is 4.98 Å². The number of nitrogens with two attached hydrogens (primary N) is 1. The number of benzene rings is 1. The largest absolute Gasteiger partial charge is 0.370 e. The Kier molecular flexibility index (Phi) is 4.53. The predicted octanol–water partition coefficient (Wildman–Crippen LogP) is 1.53. The van der Waals surface area contributed by atoms with Gasteiger partial charge in [-0.05, 0) is 26.0 Å². The van der Waals surface area contributed by atoms with Crippen LogP contribution in [-0.4, -0.2) is 21.5 Å². The number of hydrogen-bond donors (Lipinski definition) is 2. The van der Waals surface area contributed by atoms with Crippen LogP contribution in [0.15, 0.2) is 36.5 Å². The molecule has 0 aliphatic heterocycles. The van der Waals surface area contributed by atoms with Crippen molar-refractivity contribution in [2.24, 2.45) is 5.73 Å². The van der Waals surface area contributed by atoms with Crippen LogP contribution in [0.5, 0.6) is 0 Å². The summed E-state index contributed by atoms with van der Waals surface area (Å²) in [4.78, 5) is 15.2. The van der Waals surface area contributed by atoms with E-state index in [1.54, 1.807) is 0 Å². The maximum absolute atomic E-state index is 10.9. The zero-order valence-electron chi connectivity index (χ0n) is 11.8. The van der Waals surface area contributed by atoms with E-state index in [1.165, 1.54) is 0 Å². The highest BCUT2D eigenvalue weighted by atomic mass is 16.1. The van der Waals surface area contributed by atoms with Crippen molar-refractivity contribution in [3.63, 3.8) is 0 Å². The van der Waals surface area contributed by atoms with Crippen molar-refractivity contribution in [3.05, 3.63) is 48.0 Å². The monoisotopic (exact) mass is 272 g/mol. The molecular weight excluding hydrogens is 252 g/mol. The van der Waals surface area contributed by atoms with E-state index >= 15 is 0 Å². The molecule has 3 N–H and O–H groups in total. The molecule has 5 heteroatoms. The minimum absolute atomic E-state index is 0.0481. The Hall–Kier alpha value is -2.14. The van der Waals surface area contributed by atoms with Gasteiger partial charge in [-0.1, -0.05) is 18.2 Å². The van der Waals surface area contributed by atoms with Crippen molar-refractivity contribution >= 4 is 5.91 Å². The summed E-state index contributed by atoms with van der Waals surface area (Å²) < 4.78 is 2.10. The lowest BCUT2D eigenvalue weighted by molar-refractivity contribution is -0.118. The molecule has 2 rings (SSSR count). The number of rotatable bonds is 6. The van der Waals surface area contributed by atoms with Gasteiger partial charge in [-0.15, -0.1) is 0 Å². The first-order valence-corrected chi connectivity index (χ1v) is 6.68. The van der Waals surface area contributed by atoms with Crippen LogP contribution in [0.25, 0.3) is 5.69 Å². The Bertz CT molecular complexity index is 577. The molecule has 0 aliphatic rings. The number of imidazole rings is 1. The summed E-state index contributed by atoms with van der Waals surface area (Å²) in [6.45, 7) is 4.56. The standard InChI is InChI=1S/C15H20N4O/c1-11(8-15(16)20)17-9-14-10-18-12(2)19(14)13-6-4-3-5-7-13/h3-7,10-11,17H,8-9H2,1-2H3,(H2,16,20). The first-order chi connectivity index (χ1) is 9.58. The zero-order chi connectivity index (χ0) is 14.5. The summed E-state index contributed by atoms with van der Waals surface area (Å²) in [5.74, 6) is 0.647. The minimum Gasteiger partial charge on any atom is -0.370 e. The number of para-hydroxylation sites is 1. The molecule has 0 radical (unpaired) electrons. The Labute approximate surface area is 118 Å². The van der Waals surface area contributed by atoms with Crippen molar-refractivity contribution in [2.45, 2.75) is 32.9 Å². The average molecular weight is 272 g/mol. The van der Waals surface area contributed by atoms with Crippen molar-refractivity contribution in [1.29, 1.82) is 0 Å². The van der Waals surface area contributed by atoms with E-state index in [4.69, 9.17) is 5.73 Å². The highest BCUT2D eigenvalue weighted by molar-refractivity contribution is 5.74. The lowest BCUT2D eigenvalue weighted by Gasteiger charge is -2.14. The third kappa shape index (κ3) is 3.45. The van der Waals surface area contributed by atoms with Gasteiger partial charge in [0, 0.05) is 24.7 Å². The van der Waals surface area contributed by atoms with Gasteiger partial charge >= 0.3 is 0 Å². The van der Waals surface area contributed by atoms with E-state index in [1.807, 2.05) is 50.4 Å². The van der Waals surface area contributed by atoms with Gasteiger partial charge < -0.3 is 11.1 Å². The Morgan fingerprint density at radius 3 is 2.75 bits per heavy atom. The number of amides is 1. The summed E-state index contributed by atoms with van der Waals surface area (Å²) in [5.41, 5.74) is 7.34. The number of hydrogen-bond acceptors (Lipinski definition) is 3. The van der Waals surface area contributed by atoms with Gasteiger partial charge in [0.25, 0.3) is 0 Å². The minimum atomic E-state index is -0.294. The highest BCUT2D eigenvalue weighted by Gasteiger charge is 2.10. The van der Waals surface area contributed by atoms with Crippen molar-refractivity contribution in [2.75, 3.05) is 0 Å². The fourth-order valence-electron chi connectivity index (χ4n) is 2.20. The molecule has 20 heavy (non-hydrogen) atoms. The normalized spacial score (nSPS) is 12.3. The van der Waals surface area contributed by atoms with E-state index in [9.17, 15) is 4.79 Å². The second kappa shape index (κ2) is 6.34. The first-order valence-electron chi connectivity index (χ1n) is 6.68. The summed E-state index contributed by atoms with van der Waals surface area (Å²) in [5, 5.41) is 3.29. The number of nitrogens with one attached hydrogen (secondary N) is 1. The second-order valence-corrected chi connectivity index (χ2v) is 4.92. The molecule has 1 unspecified atom stereocenters. The van der Waals surface area contributed by atoms with Crippen LogP contribution >= 0.6 is 0 Å². The van der Waals surface area contributed by atoms with Crippen LogP contribution in [-0.2, 0) is 11.3 Å². The fourth-order valence-corrected chi connectivity index (χ4v) is 2.20. The van der Waals surface area contributed by atoms with Gasteiger partial charge in [0.1, 0.15) is 5.82 Å². The van der Waals surface area contributed by atoms with Gasteiger partial charge in [-0.3, -0.25) is 9.36 Å². The molecule has 0 saturated heterocycles. The number of carbonyl (C=O) groups is 1. The molecule has 0 spiro atoms.